The van der Waals surface area contributed by atoms with Gasteiger partial charge < -0.3 is 20.7 Å². The largest absolute Gasteiger partial charge is 0.375 e. The second-order valence-corrected chi connectivity index (χ2v) is 8.29. The molecule has 3 N–H and O–H groups in total. The lowest BCUT2D eigenvalue weighted by Crippen LogP contribution is -2.37. The van der Waals surface area contributed by atoms with Gasteiger partial charge in [0.25, 0.3) is 5.91 Å². The van der Waals surface area contributed by atoms with E-state index in [1.807, 2.05) is 66.1 Å². The first-order chi connectivity index (χ1) is 11.5. The van der Waals surface area contributed by atoms with Crippen molar-refractivity contribution < 1.29 is 9.53 Å². The van der Waals surface area contributed by atoms with Crippen molar-refractivity contribution in [3.8, 4) is 0 Å². The summed E-state index contributed by atoms with van der Waals surface area (Å²) in [5.41, 5.74) is 7.34. The number of hydrogen-bond acceptors (Lipinski definition) is 4. The molecule has 0 aliphatic rings. The van der Waals surface area contributed by atoms with Gasteiger partial charge in [-0.25, -0.2) is 0 Å². The van der Waals surface area contributed by atoms with Crippen LogP contribution in [-0.2, 0) is 11.3 Å². The van der Waals surface area contributed by atoms with E-state index in [0.717, 1.165) is 19.4 Å². The molecule has 0 saturated carbocycles. The summed E-state index contributed by atoms with van der Waals surface area (Å²) in [7, 11) is 4.05. The van der Waals surface area contributed by atoms with Gasteiger partial charge in [0.15, 0.2) is 0 Å². The Labute approximate surface area is 152 Å². The van der Waals surface area contributed by atoms with E-state index in [-0.39, 0.29) is 17.0 Å². The van der Waals surface area contributed by atoms with Crippen molar-refractivity contribution in [2.24, 2.45) is 5.73 Å². The predicted octanol–water partition coefficient (Wildman–Crippen LogP) is 2.79. The van der Waals surface area contributed by atoms with Gasteiger partial charge in [0.1, 0.15) is 0 Å². The third-order valence-electron chi connectivity index (χ3n) is 3.97. The molecule has 5 heteroatoms. The zero-order chi connectivity index (χ0) is 19.1. The van der Waals surface area contributed by atoms with Crippen molar-refractivity contribution in [1.82, 2.24) is 10.2 Å². The van der Waals surface area contributed by atoms with Gasteiger partial charge in [-0.15, -0.1) is 0 Å². The average Bonchev–Trinajstić information content (AvgIpc) is 2.45. The van der Waals surface area contributed by atoms with Gasteiger partial charge in [-0.2, -0.15) is 0 Å². The number of rotatable bonds is 10. The molecule has 1 aromatic rings. The summed E-state index contributed by atoms with van der Waals surface area (Å²) in [6, 6.07) is 7.74. The summed E-state index contributed by atoms with van der Waals surface area (Å²) in [5.74, 6) is -0.0460. The fourth-order valence-electron chi connectivity index (χ4n) is 2.37. The highest BCUT2D eigenvalue weighted by Crippen LogP contribution is 2.16. The first kappa shape index (κ1) is 21.6. The number of hydrogen-bond donors (Lipinski definition) is 2. The van der Waals surface area contributed by atoms with E-state index in [2.05, 4.69) is 10.2 Å². The molecule has 1 rings (SSSR count). The quantitative estimate of drug-likeness (QED) is 0.681. The van der Waals surface area contributed by atoms with Crippen LogP contribution in [-0.4, -0.2) is 49.2 Å². The normalized spacial score (nSPS) is 12.5. The number of amides is 1. The Morgan fingerprint density at radius 1 is 1.12 bits per heavy atom. The number of carbonyl (C=O) groups excluding carboxylic acids is 1. The van der Waals surface area contributed by atoms with Crippen molar-refractivity contribution in [3.05, 3.63) is 35.4 Å². The number of carbonyl (C=O) groups is 1. The van der Waals surface area contributed by atoms with Crippen LogP contribution < -0.4 is 11.1 Å². The number of ether oxygens (including phenoxy) is 1. The highest BCUT2D eigenvalue weighted by Gasteiger charge is 2.20. The van der Waals surface area contributed by atoms with Crippen LogP contribution in [0.4, 0.5) is 0 Å². The molecule has 0 aliphatic carbocycles. The number of nitrogens with zero attached hydrogens (tertiary/aromatic N) is 1. The molecule has 0 heterocycles. The Kier molecular flexibility index (Phi) is 8.06. The van der Waals surface area contributed by atoms with Crippen molar-refractivity contribution >= 4 is 5.91 Å². The monoisotopic (exact) mass is 349 g/mol. The fraction of sp³-hybridized carbons (Fsp3) is 0.650. The second-order valence-electron chi connectivity index (χ2n) is 8.29. The van der Waals surface area contributed by atoms with Gasteiger partial charge in [-0.1, -0.05) is 12.1 Å². The van der Waals surface area contributed by atoms with Crippen LogP contribution in [0.1, 0.15) is 56.5 Å². The molecule has 0 unspecified atom stereocenters. The van der Waals surface area contributed by atoms with Gasteiger partial charge >= 0.3 is 0 Å². The molecule has 0 aliphatic heterocycles. The van der Waals surface area contributed by atoms with Crippen LogP contribution in [0.3, 0.4) is 0 Å². The predicted molar refractivity (Wildman–Crippen MR) is 104 cm³/mol. The van der Waals surface area contributed by atoms with E-state index < -0.39 is 0 Å². The Hall–Kier alpha value is -1.43. The molecule has 1 amide bonds. The van der Waals surface area contributed by atoms with Gasteiger partial charge in [0.2, 0.25) is 0 Å². The molecular weight excluding hydrogens is 314 g/mol. The Bertz CT molecular complexity index is 531. The van der Waals surface area contributed by atoms with Crippen LogP contribution in [0.15, 0.2) is 24.3 Å². The van der Waals surface area contributed by atoms with Crippen molar-refractivity contribution in [2.75, 3.05) is 27.2 Å². The molecule has 142 valence electrons. The molecule has 0 aromatic heterocycles. The molecule has 1 aromatic carbocycles. The zero-order valence-corrected chi connectivity index (χ0v) is 16.7. The molecule has 5 nitrogen and oxygen atoms in total. The lowest BCUT2D eigenvalue weighted by molar-refractivity contribution is -0.0283. The minimum atomic E-state index is -0.284. The summed E-state index contributed by atoms with van der Waals surface area (Å²) < 4.78 is 5.91. The topological polar surface area (TPSA) is 67.6 Å². The van der Waals surface area contributed by atoms with Gasteiger partial charge in [0.05, 0.1) is 5.60 Å². The number of nitrogens with two attached hydrogens (primary N) is 1. The van der Waals surface area contributed by atoms with E-state index in [1.165, 1.54) is 5.56 Å². The minimum Gasteiger partial charge on any atom is -0.375 e. The van der Waals surface area contributed by atoms with Crippen LogP contribution in [0.25, 0.3) is 0 Å². The lowest BCUT2D eigenvalue weighted by atomic mass is 10.0. The Morgan fingerprint density at radius 3 is 2.24 bits per heavy atom. The maximum Gasteiger partial charge on any atom is 0.251 e. The van der Waals surface area contributed by atoms with Crippen molar-refractivity contribution in [1.29, 1.82) is 0 Å². The average molecular weight is 350 g/mol. The Balaban J connectivity index is 2.38. The highest BCUT2D eigenvalue weighted by molar-refractivity contribution is 5.94. The summed E-state index contributed by atoms with van der Waals surface area (Å²) in [5, 5.41) is 2.97. The molecule has 0 radical (unpaired) electrons. The van der Waals surface area contributed by atoms with E-state index in [9.17, 15) is 4.79 Å². The summed E-state index contributed by atoms with van der Waals surface area (Å²) in [4.78, 5) is 14.3. The van der Waals surface area contributed by atoms with Gasteiger partial charge in [-0.3, -0.25) is 4.79 Å². The standard InChI is InChI=1S/C20H35N3O2/c1-19(2,21)12-14-25-20(3,4)11-13-22-18(24)17-9-7-16(8-10-17)15-23(5)6/h7-10H,11-15,21H2,1-6H3,(H,22,24). The first-order valence-electron chi connectivity index (χ1n) is 8.93. The van der Waals surface area contributed by atoms with Crippen molar-refractivity contribution in [3.63, 3.8) is 0 Å². The molecule has 0 atom stereocenters. The van der Waals surface area contributed by atoms with E-state index >= 15 is 0 Å². The van der Waals surface area contributed by atoms with E-state index in [1.54, 1.807) is 0 Å². The molecule has 25 heavy (non-hydrogen) atoms. The molecule has 0 bridgehead atoms. The maximum atomic E-state index is 12.2. The number of benzene rings is 1. The molecule has 0 saturated heterocycles. The summed E-state index contributed by atoms with van der Waals surface area (Å²) in [6.07, 6.45) is 1.56. The lowest BCUT2D eigenvalue weighted by Gasteiger charge is -2.27. The second kappa shape index (κ2) is 9.32. The third kappa shape index (κ3) is 9.58. The van der Waals surface area contributed by atoms with Crippen LogP contribution >= 0.6 is 0 Å². The smallest absolute Gasteiger partial charge is 0.251 e. The number of nitrogens with one attached hydrogen (secondary N) is 1. The van der Waals surface area contributed by atoms with Gasteiger partial charge in [0, 0.05) is 30.8 Å². The highest BCUT2D eigenvalue weighted by atomic mass is 16.5. The maximum absolute atomic E-state index is 12.2. The molecular formula is C20H35N3O2. The fourth-order valence-corrected chi connectivity index (χ4v) is 2.37. The summed E-state index contributed by atoms with van der Waals surface area (Å²) >= 11 is 0. The van der Waals surface area contributed by atoms with Crippen LogP contribution in [0.2, 0.25) is 0 Å². The first-order valence-corrected chi connectivity index (χ1v) is 8.93. The minimum absolute atomic E-state index is 0.0460. The Morgan fingerprint density at radius 2 is 1.72 bits per heavy atom. The zero-order valence-electron chi connectivity index (χ0n) is 16.7. The molecule has 0 fully saturated rings. The van der Waals surface area contributed by atoms with Gasteiger partial charge in [-0.05, 0) is 72.3 Å². The van der Waals surface area contributed by atoms with Crippen molar-refractivity contribution in [2.45, 2.75) is 58.2 Å². The third-order valence-corrected chi connectivity index (χ3v) is 3.97. The SMILES string of the molecule is CN(C)Cc1ccc(C(=O)NCCC(C)(C)OCCC(C)(C)N)cc1. The summed E-state index contributed by atoms with van der Waals surface area (Å²) in [6.45, 7) is 10.1. The van der Waals surface area contributed by atoms with E-state index in [0.29, 0.717) is 18.7 Å². The van der Waals surface area contributed by atoms with E-state index in [4.69, 9.17) is 10.5 Å². The molecule has 0 spiro atoms. The van der Waals surface area contributed by atoms with Crippen LogP contribution in [0, 0.1) is 0 Å². The van der Waals surface area contributed by atoms with Crippen LogP contribution in [0.5, 0.6) is 0 Å².